The third-order valence-electron chi connectivity index (χ3n) is 4.69. The number of hydrogen-bond acceptors (Lipinski definition) is 2. The van der Waals surface area contributed by atoms with E-state index in [0.29, 0.717) is 23.8 Å². The lowest BCUT2D eigenvalue weighted by Gasteiger charge is -2.30. The van der Waals surface area contributed by atoms with E-state index in [1.54, 1.807) is 0 Å². The van der Waals surface area contributed by atoms with Crippen molar-refractivity contribution in [3.8, 4) is 0 Å². The second kappa shape index (κ2) is 5.63. The van der Waals surface area contributed by atoms with E-state index in [1.165, 1.54) is 5.69 Å². The van der Waals surface area contributed by atoms with Gasteiger partial charge >= 0.3 is 0 Å². The molecule has 1 amide bonds. The maximum atomic E-state index is 12.9. The Hall–Kier alpha value is -2.27. The zero-order valence-corrected chi connectivity index (χ0v) is 15.4. The minimum Gasteiger partial charge on any atom is -0.349 e. The quantitative estimate of drug-likeness (QED) is 0.717. The Bertz CT molecular complexity index is 964. The molecule has 130 valence electrons. The van der Waals surface area contributed by atoms with Gasteiger partial charge in [-0.3, -0.25) is 9.48 Å². The summed E-state index contributed by atoms with van der Waals surface area (Å²) in [6.07, 6.45) is 2.71. The van der Waals surface area contributed by atoms with Crippen LogP contribution in [0.1, 0.15) is 42.5 Å². The van der Waals surface area contributed by atoms with Gasteiger partial charge in [0.15, 0.2) is 0 Å². The average molecular weight is 357 g/mol. The predicted molar refractivity (Wildman–Crippen MR) is 99.0 cm³/mol. The summed E-state index contributed by atoms with van der Waals surface area (Å²) in [4.78, 5) is 18.0. The van der Waals surface area contributed by atoms with Crippen molar-refractivity contribution in [3.63, 3.8) is 0 Å². The zero-order chi connectivity index (χ0) is 17.8. The summed E-state index contributed by atoms with van der Waals surface area (Å²) in [6.45, 7) is 7.72. The van der Waals surface area contributed by atoms with Crippen LogP contribution in [-0.4, -0.2) is 32.1 Å². The third-order valence-corrected chi connectivity index (χ3v) is 5.01. The van der Waals surface area contributed by atoms with Crippen molar-refractivity contribution in [3.05, 3.63) is 52.4 Å². The van der Waals surface area contributed by atoms with Crippen molar-refractivity contribution in [2.24, 2.45) is 0 Å². The second-order valence-corrected chi connectivity index (χ2v) is 7.97. The van der Waals surface area contributed by atoms with Crippen LogP contribution in [0.4, 0.5) is 0 Å². The second-order valence-electron chi connectivity index (χ2n) is 7.56. The van der Waals surface area contributed by atoms with Gasteiger partial charge < -0.3 is 9.88 Å². The molecule has 6 heteroatoms. The molecule has 25 heavy (non-hydrogen) atoms. The highest BCUT2D eigenvalue weighted by Gasteiger charge is 2.28. The Morgan fingerprint density at radius 1 is 1.32 bits per heavy atom. The van der Waals surface area contributed by atoms with Gasteiger partial charge in [-0.1, -0.05) is 23.7 Å². The summed E-state index contributed by atoms with van der Waals surface area (Å²) in [5, 5.41) is 6.12. The first-order chi connectivity index (χ1) is 11.8. The van der Waals surface area contributed by atoms with Crippen molar-refractivity contribution in [1.82, 2.24) is 19.7 Å². The van der Waals surface area contributed by atoms with Gasteiger partial charge in [0.2, 0.25) is 0 Å². The first-order valence-corrected chi connectivity index (χ1v) is 8.85. The average Bonchev–Trinajstić information content (AvgIpc) is 3.17. The van der Waals surface area contributed by atoms with Crippen LogP contribution >= 0.6 is 11.6 Å². The number of halogens is 1. The number of nitrogens with zero attached hydrogens (tertiary/aromatic N) is 3. The van der Waals surface area contributed by atoms with E-state index >= 15 is 0 Å². The smallest absolute Gasteiger partial charge is 0.270 e. The highest BCUT2D eigenvalue weighted by Crippen LogP contribution is 2.27. The summed E-state index contributed by atoms with van der Waals surface area (Å²) < 4.78 is 2.08. The molecule has 0 aliphatic carbocycles. The molecule has 0 atom stereocenters. The van der Waals surface area contributed by atoms with E-state index < -0.39 is 0 Å². The molecule has 1 aromatic carbocycles. The summed E-state index contributed by atoms with van der Waals surface area (Å²) in [7, 11) is 0. The standard InChI is InChI=1S/C19H21ClN4O/c1-19(2,3)24-16-7-8-23(11-13(16)10-21-24)18(25)15-9-12-5-4-6-14(20)17(12)22-15/h4-6,9-10,22H,7-8,11H2,1-3H3. The number of para-hydroxylation sites is 1. The lowest BCUT2D eigenvalue weighted by Crippen LogP contribution is -2.37. The number of rotatable bonds is 1. The Morgan fingerprint density at radius 3 is 2.84 bits per heavy atom. The SMILES string of the molecule is CC(C)(C)n1ncc2c1CCN(C(=O)c1cc3cccc(Cl)c3[nH]1)C2. The lowest BCUT2D eigenvalue weighted by molar-refractivity contribution is 0.0727. The van der Waals surface area contributed by atoms with Crippen molar-refractivity contribution >= 4 is 28.4 Å². The van der Waals surface area contributed by atoms with Gasteiger partial charge in [0.25, 0.3) is 5.91 Å². The number of carbonyl (C=O) groups is 1. The van der Waals surface area contributed by atoms with Crippen LogP contribution < -0.4 is 0 Å². The van der Waals surface area contributed by atoms with Crippen LogP contribution in [0, 0.1) is 0 Å². The van der Waals surface area contributed by atoms with Crippen LogP contribution in [-0.2, 0) is 18.5 Å². The number of amides is 1. The Labute approximate surface area is 151 Å². The van der Waals surface area contributed by atoms with E-state index in [0.717, 1.165) is 22.9 Å². The van der Waals surface area contributed by atoms with Crippen molar-refractivity contribution in [2.75, 3.05) is 6.54 Å². The molecule has 2 aromatic heterocycles. The molecule has 0 spiro atoms. The maximum absolute atomic E-state index is 12.9. The summed E-state index contributed by atoms with van der Waals surface area (Å²) in [5.41, 5.74) is 3.70. The van der Waals surface area contributed by atoms with Crippen molar-refractivity contribution in [1.29, 1.82) is 0 Å². The summed E-state index contributed by atoms with van der Waals surface area (Å²) in [5.74, 6) is 0.00132. The van der Waals surface area contributed by atoms with Crippen LogP contribution in [0.15, 0.2) is 30.5 Å². The van der Waals surface area contributed by atoms with Gasteiger partial charge in [-0.25, -0.2) is 0 Å². The molecule has 0 fully saturated rings. The highest BCUT2D eigenvalue weighted by atomic mass is 35.5. The number of benzene rings is 1. The molecule has 0 unspecified atom stereocenters. The van der Waals surface area contributed by atoms with E-state index in [9.17, 15) is 4.79 Å². The minimum atomic E-state index is -0.0479. The molecule has 3 aromatic rings. The van der Waals surface area contributed by atoms with E-state index in [1.807, 2.05) is 35.4 Å². The molecule has 0 radical (unpaired) electrons. The predicted octanol–water partition coefficient (Wildman–Crippen LogP) is 3.97. The molecular formula is C19H21ClN4O. The number of aromatic amines is 1. The Balaban J connectivity index is 1.62. The van der Waals surface area contributed by atoms with Crippen molar-refractivity contribution < 1.29 is 4.79 Å². The fraction of sp³-hybridized carbons (Fsp3) is 0.368. The molecule has 1 N–H and O–H groups in total. The number of hydrogen-bond donors (Lipinski definition) is 1. The summed E-state index contributed by atoms with van der Waals surface area (Å²) in [6, 6.07) is 7.54. The van der Waals surface area contributed by atoms with Gasteiger partial charge in [0, 0.05) is 36.2 Å². The van der Waals surface area contributed by atoms with E-state index in [2.05, 4.69) is 35.5 Å². The molecule has 4 rings (SSSR count). The molecule has 0 bridgehead atoms. The first kappa shape index (κ1) is 16.2. The van der Waals surface area contributed by atoms with Crippen LogP contribution in [0.25, 0.3) is 10.9 Å². The topological polar surface area (TPSA) is 53.9 Å². The molecule has 0 saturated carbocycles. The normalized spacial score (nSPS) is 14.8. The molecule has 1 aliphatic heterocycles. The molecule has 3 heterocycles. The maximum Gasteiger partial charge on any atom is 0.270 e. The molecular weight excluding hydrogens is 336 g/mol. The zero-order valence-electron chi connectivity index (χ0n) is 14.6. The molecule has 5 nitrogen and oxygen atoms in total. The molecule has 1 aliphatic rings. The monoisotopic (exact) mass is 356 g/mol. The molecule has 0 saturated heterocycles. The minimum absolute atomic E-state index is 0.00132. The number of carbonyl (C=O) groups excluding carboxylic acids is 1. The van der Waals surface area contributed by atoms with Gasteiger partial charge in [0.05, 0.1) is 22.3 Å². The number of nitrogens with one attached hydrogen (secondary N) is 1. The van der Waals surface area contributed by atoms with Crippen LogP contribution in [0.3, 0.4) is 0 Å². The Morgan fingerprint density at radius 2 is 2.12 bits per heavy atom. The van der Waals surface area contributed by atoms with Gasteiger partial charge in [-0.2, -0.15) is 5.10 Å². The Kier molecular flexibility index (Phi) is 3.65. The van der Waals surface area contributed by atoms with Gasteiger partial charge in [-0.05, 0) is 32.9 Å². The first-order valence-electron chi connectivity index (χ1n) is 8.47. The van der Waals surface area contributed by atoms with Crippen molar-refractivity contribution in [2.45, 2.75) is 39.3 Å². The van der Waals surface area contributed by atoms with Crippen LogP contribution in [0.2, 0.25) is 5.02 Å². The fourth-order valence-corrected chi connectivity index (χ4v) is 3.72. The highest BCUT2D eigenvalue weighted by molar-refractivity contribution is 6.35. The summed E-state index contributed by atoms with van der Waals surface area (Å²) >= 11 is 6.21. The number of H-pyrrole nitrogens is 1. The van der Waals surface area contributed by atoms with Gasteiger partial charge in [-0.15, -0.1) is 0 Å². The van der Waals surface area contributed by atoms with E-state index in [-0.39, 0.29) is 11.4 Å². The fourth-order valence-electron chi connectivity index (χ4n) is 3.49. The number of aromatic nitrogens is 3. The third kappa shape index (κ3) is 2.72. The number of fused-ring (bicyclic) bond motifs is 2. The van der Waals surface area contributed by atoms with Crippen LogP contribution in [0.5, 0.6) is 0 Å². The largest absolute Gasteiger partial charge is 0.349 e. The lowest BCUT2D eigenvalue weighted by atomic mass is 10.0. The van der Waals surface area contributed by atoms with E-state index in [4.69, 9.17) is 11.6 Å². The van der Waals surface area contributed by atoms with Gasteiger partial charge in [0.1, 0.15) is 5.69 Å².